The van der Waals surface area contributed by atoms with Crippen LogP contribution in [0.2, 0.25) is 0 Å². The first-order valence-electron chi connectivity index (χ1n) is 38.8. The minimum absolute atomic E-state index is 0.0106. The molecule has 0 unspecified atom stereocenters. The third-order valence-corrected chi connectivity index (χ3v) is 23.0. The number of aliphatic hydroxyl groups is 3. The summed E-state index contributed by atoms with van der Waals surface area (Å²) in [5.41, 5.74) is 6.63. The summed E-state index contributed by atoms with van der Waals surface area (Å²) in [6.45, 7) is 9.39. The topological polar surface area (TPSA) is 357 Å². The number of carbonyl (C=O) groups is 9. The minimum atomic E-state index is -1.76. The Labute approximate surface area is 680 Å². The number of hydrogen-bond acceptors (Lipinski definition) is 20. The van der Waals surface area contributed by atoms with Crippen molar-refractivity contribution in [3.63, 3.8) is 0 Å². The lowest BCUT2D eigenvalue weighted by molar-refractivity contribution is -0.137. The predicted octanol–water partition coefficient (Wildman–Crippen LogP) is 7.50. The molecule has 0 bridgehead atoms. The van der Waals surface area contributed by atoms with Crippen molar-refractivity contribution in [1.82, 2.24) is 42.5 Å². The Morgan fingerprint density at radius 2 is 1.12 bits per heavy atom. The smallest absolute Gasteiger partial charge is 0.407 e. The number of benzene rings is 6. The van der Waals surface area contributed by atoms with E-state index in [0.717, 1.165) is 38.5 Å². The van der Waals surface area contributed by atoms with E-state index in [1.165, 1.54) is 30.5 Å². The molecular weight excluding hydrogens is 1510 g/mol. The van der Waals surface area contributed by atoms with Gasteiger partial charge in [0.2, 0.25) is 41.4 Å². The first-order chi connectivity index (χ1) is 55.0. The van der Waals surface area contributed by atoms with Crippen LogP contribution in [0.3, 0.4) is 0 Å². The summed E-state index contributed by atoms with van der Waals surface area (Å²) in [4.78, 5) is 131. The van der Waals surface area contributed by atoms with E-state index >= 15 is 14.4 Å². The molecule has 28 heteroatoms. The molecule has 1 aliphatic carbocycles. The summed E-state index contributed by atoms with van der Waals surface area (Å²) >= 11 is 1.83. The van der Waals surface area contributed by atoms with Crippen LogP contribution in [0.5, 0.6) is 0 Å². The third-order valence-electron chi connectivity index (χ3n) is 19.0. The Morgan fingerprint density at radius 1 is 0.588 bits per heavy atom. The molecule has 1 saturated heterocycles. The molecule has 614 valence electrons. The van der Waals surface area contributed by atoms with Crippen molar-refractivity contribution >= 4 is 92.1 Å². The molecule has 6 aromatic carbocycles. The van der Waals surface area contributed by atoms with Gasteiger partial charge in [-0.05, 0) is 111 Å². The van der Waals surface area contributed by atoms with Crippen molar-refractivity contribution in [1.29, 1.82) is 0 Å². The number of aliphatic hydroxyl groups excluding tert-OH is 3. The zero-order valence-electron chi connectivity index (χ0n) is 65.4. The van der Waals surface area contributed by atoms with Gasteiger partial charge < -0.3 is 81.5 Å². The van der Waals surface area contributed by atoms with Crippen LogP contribution in [-0.4, -0.2) is 212 Å². The van der Waals surface area contributed by atoms with E-state index in [1.54, 1.807) is 81.4 Å². The Hall–Kier alpha value is -8.94. The number of nitrogens with one attached hydrogen (secondary N) is 8. The maximum Gasteiger partial charge on any atom is 0.407 e. The van der Waals surface area contributed by atoms with Gasteiger partial charge in [-0.25, -0.2) is 4.79 Å². The molecule has 0 aromatic heterocycles. The van der Waals surface area contributed by atoms with Gasteiger partial charge in [0.25, 0.3) is 0 Å². The van der Waals surface area contributed by atoms with Gasteiger partial charge in [-0.3, -0.25) is 38.4 Å². The van der Waals surface area contributed by atoms with Crippen molar-refractivity contribution in [2.75, 3.05) is 83.3 Å². The molecule has 1 aliphatic heterocycles. The normalized spacial score (nSPS) is 19.2. The van der Waals surface area contributed by atoms with Crippen molar-refractivity contribution in [3.05, 3.63) is 221 Å². The highest BCUT2D eigenvalue weighted by atomic mass is 33.1. The van der Waals surface area contributed by atoms with Crippen molar-refractivity contribution < 1.29 is 82.2 Å². The SMILES string of the molecule is C[C@@H](O)[C@@H]1NC(=O)[C@H](CCCCNC(=O)OC(C)(C)C)NC(=O)[C@@H](CC2=CCc3ccccc32)NC(=O)[C@H](Cc2ccccc2)CC(=O)[C@@H](NC(=O)[C@@H](Cc2ccccc2)NC(=O)CCOCCOCCOCCOCCSC(c2ccccc2)(c2ccccc2)c2ccccc2)CSSC[C@@H](C(=O)N[C@H](CO)[C@@H](C)O)NC1=O. The first kappa shape index (κ1) is 90.6. The average molecular weight is 1620 g/mol. The van der Waals surface area contributed by atoms with Gasteiger partial charge in [0, 0.05) is 55.4 Å². The molecule has 11 N–H and O–H groups in total. The van der Waals surface area contributed by atoms with Crippen LogP contribution in [0.4, 0.5) is 4.79 Å². The van der Waals surface area contributed by atoms with Gasteiger partial charge >= 0.3 is 6.09 Å². The number of amides is 8. The minimum Gasteiger partial charge on any atom is -0.444 e. The number of Topliss-reactive ketones (excluding diaryl/α,β-unsaturated/α-hetero) is 1. The fourth-order valence-electron chi connectivity index (χ4n) is 13.0. The fourth-order valence-corrected chi connectivity index (χ4v) is 16.8. The second kappa shape index (κ2) is 47.8. The standard InChI is InChI=1S/C86H110N8O17S3/c1-58(96)72(55-95)91-82(104)74-57-114-113-56-73(92-80(102)70(52-61-27-13-7-14-28-61)88-76(99)40-42-107-43-44-108-45-46-109-47-48-110-49-50-112-86(65-30-15-8-16-31-65,66-32-17-9-18-33-66)67-34-19-10-20-35-67)75(98)54-64(51-60-25-11-6-12-26-60)78(100)90-71(53-63-39-38-62-29-21-22-36-68(62)63)81(103)89-69(79(101)94-77(59(2)97)83(105)93-74)37-23-24-41-87-84(106)111-85(3,4)5/h6-22,25-36,39,58-59,64,69-74,77,95-97H,23-24,37-38,40-57H2,1-5H3,(H,87,106)(H,88,99)(H,89,103)(H,90,100)(H,91,104)(H,92,102)(H,93,105)(H,94,101)/t58-,59-,64-,69+,70-,71-,72-,73+,74+,77+/m1/s1. The second-order valence-corrected chi connectivity index (χ2v) is 32.9. The highest BCUT2D eigenvalue weighted by Crippen LogP contribution is 2.48. The Balaban J connectivity index is 0.945. The largest absolute Gasteiger partial charge is 0.444 e. The zero-order valence-corrected chi connectivity index (χ0v) is 67.9. The van der Waals surface area contributed by atoms with E-state index in [0.29, 0.717) is 56.2 Å². The maximum absolute atomic E-state index is 15.4. The number of fused-ring (bicyclic) bond motifs is 1. The quantitative estimate of drug-likeness (QED) is 0.0101. The molecule has 0 spiro atoms. The lowest BCUT2D eigenvalue weighted by Crippen LogP contribution is -2.61. The highest BCUT2D eigenvalue weighted by Gasteiger charge is 2.40. The Morgan fingerprint density at radius 3 is 1.70 bits per heavy atom. The van der Waals surface area contributed by atoms with E-state index in [2.05, 4.69) is 115 Å². The molecule has 0 saturated carbocycles. The summed E-state index contributed by atoms with van der Waals surface area (Å²) in [5.74, 6) is -7.21. The molecule has 114 heavy (non-hydrogen) atoms. The van der Waals surface area contributed by atoms with E-state index in [-0.39, 0.29) is 82.8 Å². The van der Waals surface area contributed by atoms with Crippen molar-refractivity contribution in [3.8, 4) is 0 Å². The van der Waals surface area contributed by atoms with Crippen LogP contribution < -0.4 is 42.5 Å². The summed E-state index contributed by atoms with van der Waals surface area (Å²) in [6, 6.07) is 47.0. The number of hydrogen-bond donors (Lipinski definition) is 11. The fraction of sp³-hybridized carbons (Fsp3) is 0.453. The molecular formula is C86H110N8O17S3. The monoisotopic (exact) mass is 1620 g/mol. The van der Waals surface area contributed by atoms with Gasteiger partial charge in [0.05, 0.1) is 88.5 Å². The molecule has 25 nitrogen and oxygen atoms in total. The molecule has 10 atom stereocenters. The van der Waals surface area contributed by atoms with Crippen LogP contribution in [0, 0.1) is 5.92 Å². The van der Waals surface area contributed by atoms with E-state index in [4.69, 9.17) is 23.7 Å². The summed E-state index contributed by atoms with van der Waals surface area (Å²) in [5, 5.41) is 53.8. The zero-order chi connectivity index (χ0) is 81.7. The van der Waals surface area contributed by atoms with Gasteiger partial charge in [-0.15, -0.1) is 11.8 Å². The first-order valence-corrected chi connectivity index (χ1v) is 42.3. The van der Waals surface area contributed by atoms with E-state index in [9.17, 15) is 44.1 Å². The molecule has 8 rings (SSSR count). The summed E-state index contributed by atoms with van der Waals surface area (Å²) in [6.07, 6.45) is -1.44. The van der Waals surface area contributed by atoms with Gasteiger partial charge in [-0.2, -0.15) is 0 Å². The second-order valence-electron chi connectivity index (χ2n) is 29.0. The van der Waals surface area contributed by atoms with Gasteiger partial charge in [-0.1, -0.05) is 204 Å². The summed E-state index contributed by atoms with van der Waals surface area (Å²) < 4.78 is 28.3. The lowest BCUT2D eigenvalue weighted by atomic mass is 9.84. The van der Waals surface area contributed by atoms with Crippen LogP contribution in [0.15, 0.2) is 182 Å². The number of thioether (sulfide) groups is 1. The highest BCUT2D eigenvalue weighted by molar-refractivity contribution is 8.76. The number of ketones is 1. The Kier molecular flexibility index (Phi) is 38.0. The lowest BCUT2D eigenvalue weighted by Gasteiger charge is -2.35. The van der Waals surface area contributed by atoms with E-state index < -0.39 is 137 Å². The van der Waals surface area contributed by atoms with Gasteiger partial charge in [0.1, 0.15) is 35.8 Å². The summed E-state index contributed by atoms with van der Waals surface area (Å²) in [7, 11) is 2.02. The number of rotatable bonds is 38. The van der Waals surface area contributed by atoms with Crippen LogP contribution in [-0.2, 0) is 86.1 Å². The molecule has 6 aromatic rings. The molecule has 2 aliphatic rings. The predicted molar refractivity (Wildman–Crippen MR) is 443 cm³/mol. The molecule has 8 amide bonds. The number of carbonyl (C=O) groups excluding carboxylic acids is 9. The van der Waals surface area contributed by atoms with Gasteiger partial charge in [0.15, 0.2) is 5.78 Å². The molecule has 1 fully saturated rings. The van der Waals surface area contributed by atoms with Crippen LogP contribution >= 0.6 is 33.3 Å². The van der Waals surface area contributed by atoms with Crippen molar-refractivity contribution in [2.24, 2.45) is 5.92 Å². The van der Waals surface area contributed by atoms with Crippen LogP contribution in [0.1, 0.15) is 112 Å². The number of ether oxygens (including phenoxy) is 5. The maximum atomic E-state index is 15.4. The number of alkyl carbamates (subject to hydrolysis) is 1. The number of unbranched alkanes of at least 4 members (excludes halogenated alkanes) is 1. The molecule has 0 radical (unpaired) electrons. The average Bonchev–Trinajstić information content (AvgIpc) is 0.780. The van der Waals surface area contributed by atoms with E-state index in [1.807, 2.05) is 60.3 Å². The third kappa shape index (κ3) is 29.7. The molecule has 1 heterocycles. The number of allylic oxidation sites excluding steroid dienone is 1. The van der Waals surface area contributed by atoms with Crippen LogP contribution in [0.25, 0.3) is 5.57 Å². The Bertz CT molecular complexity index is 3940. The van der Waals surface area contributed by atoms with Crippen molar-refractivity contribution in [2.45, 2.75) is 157 Å².